The number of methoxy groups -OCH3 is 1. The zero-order valence-electron chi connectivity index (χ0n) is 14.1. The summed E-state index contributed by atoms with van der Waals surface area (Å²) >= 11 is 6.98. The summed E-state index contributed by atoms with van der Waals surface area (Å²) < 4.78 is 10.2. The van der Waals surface area contributed by atoms with Crippen LogP contribution in [0.3, 0.4) is 0 Å². The summed E-state index contributed by atoms with van der Waals surface area (Å²) in [6, 6.07) is 5.13. The Morgan fingerprint density at radius 3 is 2.72 bits per heavy atom. The van der Waals surface area contributed by atoms with Gasteiger partial charge in [-0.25, -0.2) is 0 Å². The highest BCUT2D eigenvalue weighted by molar-refractivity contribution is 8.18. The van der Waals surface area contributed by atoms with Crippen molar-refractivity contribution in [3.63, 3.8) is 0 Å². The fourth-order valence-electron chi connectivity index (χ4n) is 1.98. The smallest absolute Gasteiger partial charge is 0.325 e. The number of hydrogen-bond donors (Lipinski definition) is 0. The predicted molar refractivity (Wildman–Crippen MR) is 96.5 cm³/mol. The van der Waals surface area contributed by atoms with Gasteiger partial charge >= 0.3 is 5.97 Å². The van der Waals surface area contributed by atoms with Crippen LogP contribution in [0.25, 0.3) is 6.08 Å². The van der Waals surface area contributed by atoms with Crippen LogP contribution in [-0.4, -0.2) is 41.8 Å². The van der Waals surface area contributed by atoms with Gasteiger partial charge < -0.3 is 9.47 Å². The number of carbonyl (C=O) groups is 3. The summed E-state index contributed by atoms with van der Waals surface area (Å²) in [7, 11) is 1.20. The van der Waals surface area contributed by atoms with Gasteiger partial charge in [0.05, 0.1) is 23.1 Å². The number of carbonyl (C=O) groups excluding carboxylic acids is 3. The average Bonchev–Trinajstić information content (AvgIpc) is 2.84. The first-order valence-corrected chi connectivity index (χ1v) is 8.83. The summed E-state index contributed by atoms with van der Waals surface area (Å²) in [5.41, 5.74) is 0.657. The number of benzene rings is 1. The molecule has 6 nitrogen and oxygen atoms in total. The first-order valence-electron chi connectivity index (χ1n) is 7.64. The standard InChI is InChI=1S/C17H18ClNO5S/c1-4-10(2)24-13-6-5-11(7-12(13)18)8-14-16(21)19(17(22)25-14)9-15(20)23-3/h5-8,10H,4,9H2,1-3H3/b14-8+/t10-/m1/s1. The van der Waals surface area contributed by atoms with Crippen LogP contribution in [0.5, 0.6) is 5.75 Å². The van der Waals surface area contributed by atoms with Crippen molar-refractivity contribution in [2.75, 3.05) is 13.7 Å². The van der Waals surface area contributed by atoms with Gasteiger partial charge in [-0.15, -0.1) is 0 Å². The molecule has 1 heterocycles. The summed E-state index contributed by atoms with van der Waals surface area (Å²) in [5.74, 6) is -0.624. The molecule has 1 fully saturated rings. The molecule has 1 atom stereocenters. The molecule has 1 aromatic rings. The van der Waals surface area contributed by atoms with E-state index in [1.165, 1.54) is 7.11 Å². The van der Waals surface area contributed by atoms with Crippen LogP contribution in [0, 0.1) is 0 Å². The highest BCUT2D eigenvalue weighted by Crippen LogP contribution is 2.34. The van der Waals surface area contributed by atoms with Crippen molar-refractivity contribution in [3.8, 4) is 5.75 Å². The van der Waals surface area contributed by atoms with Crippen LogP contribution in [0.4, 0.5) is 4.79 Å². The van der Waals surface area contributed by atoms with Gasteiger partial charge in [0.1, 0.15) is 12.3 Å². The highest BCUT2D eigenvalue weighted by Gasteiger charge is 2.36. The van der Waals surface area contributed by atoms with E-state index >= 15 is 0 Å². The fraction of sp³-hybridized carbons (Fsp3) is 0.353. The first kappa shape index (κ1) is 19.3. The molecule has 0 N–H and O–H groups in total. The van der Waals surface area contributed by atoms with E-state index in [1.807, 2.05) is 13.8 Å². The van der Waals surface area contributed by atoms with Crippen molar-refractivity contribution in [3.05, 3.63) is 33.7 Å². The van der Waals surface area contributed by atoms with Crippen LogP contribution < -0.4 is 4.74 Å². The van der Waals surface area contributed by atoms with Crippen LogP contribution in [0.2, 0.25) is 5.02 Å². The Hall–Kier alpha value is -1.99. The maximum atomic E-state index is 12.3. The Balaban J connectivity index is 2.17. The van der Waals surface area contributed by atoms with Crippen LogP contribution in [-0.2, 0) is 14.3 Å². The maximum Gasteiger partial charge on any atom is 0.325 e. The number of rotatable bonds is 6. The number of halogens is 1. The largest absolute Gasteiger partial charge is 0.489 e. The molecule has 1 aliphatic rings. The second-order valence-corrected chi connectivity index (χ2v) is 6.77. The van der Waals surface area contributed by atoms with Crippen molar-refractivity contribution in [2.45, 2.75) is 26.4 Å². The second kappa shape index (κ2) is 8.40. The third-order valence-corrected chi connectivity index (χ3v) is 4.75. The summed E-state index contributed by atoms with van der Waals surface area (Å²) in [6.07, 6.45) is 2.45. The molecule has 2 rings (SSSR count). The molecule has 0 radical (unpaired) electrons. The lowest BCUT2D eigenvalue weighted by Gasteiger charge is -2.14. The minimum atomic E-state index is -0.654. The SMILES string of the molecule is CC[C@@H](C)Oc1ccc(/C=C2/SC(=O)N(CC(=O)OC)C2=O)cc1Cl. The summed E-state index contributed by atoms with van der Waals surface area (Å²) in [5, 5.41) is -0.0905. The number of amides is 2. The van der Waals surface area contributed by atoms with E-state index < -0.39 is 23.7 Å². The van der Waals surface area contributed by atoms with Crippen molar-refractivity contribution in [1.82, 2.24) is 4.90 Å². The van der Waals surface area contributed by atoms with Crippen LogP contribution >= 0.6 is 23.4 Å². The van der Waals surface area contributed by atoms with Crippen LogP contribution in [0.1, 0.15) is 25.8 Å². The van der Waals surface area contributed by atoms with Gasteiger partial charge in [0.25, 0.3) is 11.1 Å². The molecule has 8 heteroatoms. The van der Waals surface area contributed by atoms with E-state index in [1.54, 1.807) is 24.3 Å². The third kappa shape index (κ3) is 4.76. The fourth-order valence-corrected chi connectivity index (χ4v) is 3.06. The number of thioether (sulfide) groups is 1. The Kier molecular flexibility index (Phi) is 6.50. The number of ether oxygens (including phenoxy) is 2. The first-order chi connectivity index (χ1) is 11.8. The molecule has 1 aliphatic heterocycles. The molecule has 2 amide bonds. The lowest BCUT2D eigenvalue weighted by atomic mass is 10.2. The summed E-state index contributed by atoms with van der Waals surface area (Å²) in [6.45, 7) is 3.56. The average molecular weight is 384 g/mol. The highest BCUT2D eigenvalue weighted by atomic mass is 35.5. The Bertz CT molecular complexity index is 734. The van der Waals surface area contributed by atoms with Crippen molar-refractivity contribution in [1.29, 1.82) is 0 Å². The van der Waals surface area contributed by atoms with Gasteiger partial charge in [0.15, 0.2) is 0 Å². The second-order valence-electron chi connectivity index (χ2n) is 5.37. The quantitative estimate of drug-likeness (QED) is 0.550. The molecule has 0 aliphatic carbocycles. The molecule has 25 heavy (non-hydrogen) atoms. The molecule has 0 bridgehead atoms. The topological polar surface area (TPSA) is 72.9 Å². The van der Waals surface area contributed by atoms with Gasteiger partial charge in [-0.3, -0.25) is 19.3 Å². The minimum absolute atomic E-state index is 0.0400. The molecule has 1 aromatic carbocycles. The van der Waals surface area contributed by atoms with Crippen molar-refractivity contribution < 1.29 is 23.9 Å². The van der Waals surface area contributed by atoms with E-state index in [2.05, 4.69) is 4.74 Å². The van der Waals surface area contributed by atoms with Gasteiger partial charge in [0, 0.05) is 0 Å². The Morgan fingerprint density at radius 1 is 1.40 bits per heavy atom. The van der Waals surface area contributed by atoms with Gasteiger partial charge in [-0.1, -0.05) is 24.6 Å². The zero-order valence-corrected chi connectivity index (χ0v) is 15.6. The Labute approximate surface area is 155 Å². The normalized spacial score (nSPS) is 17.1. The van der Waals surface area contributed by atoms with E-state index in [0.29, 0.717) is 16.3 Å². The Morgan fingerprint density at radius 2 is 2.12 bits per heavy atom. The van der Waals surface area contributed by atoms with Gasteiger partial charge in [0.2, 0.25) is 0 Å². The number of nitrogens with zero attached hydrogens (tertiary/aromatic N) is 1. The predicted octanol–water partition coefficient (Wildman–Crippen LogP) is 3.73. The van der Waals surface area contributed by atoms with Gasteiger partial charge in [-0.2, -0.15) is 0 Å². The molecule has 134 valence electrons. The minimum Gasteiger partial charge on any atom is -0.489 e. The van der Waals surface area contributed by atoms with E-state index in [4.69, 9.17) is 16.3 Å². The van der Waals surface area contributed by atoms with Crippen molar-refractivity contribution >= 4 is 46.6 Å². The number of esters is 1. The van der Waals surface area contributed by atoms with E-state index in [-0.39, 0.29) is 11.0 Å². The molecular weight excluding hydrogens is 366 g/mol. The number of hydrogen-bond acceptors (Lipinski definition) is 6. The van der Waals surface area contributed by atoms with Gasteiger partial charge in [-0.05, 0) is 48.9 Å². The monoisotopic (exact) mass is 383 g/mol. The zero-order chi connectivity index (χ0) is 18.6. The molecule has 0 saturated carbocycles. The maximum absolute atomic E-state index is 12.3. The lowest BCUT2D eigenvalue weighted by Crippen LogP contribution is -2.34. The molecule has 0 unspecified atom stereocenters. The molecule has 1 saturated heterocycles. The van der Waals surface area contributed by atoms with E-state index in [0.717, 1.165) is 23.1 Å². The summed E-state index contributed by atoms with van der Waals surface area (Å²) in [4.78, 5) is 36.5. The third-order valence-electron chi connectivity index (χ3n) is 3.55. The molecule has 0 aromatic heterocycles. The van der Waals surface area contributed by atoms with Crippen LogP contribution in [0.15, 0.2) is 23.1 Å². The lowest BCUT2D eigenvalue weighted by molar-refractivity contribution is -0.143. The van der Waals surface area contributed by atoms with E-state index in [9.17, 15) is 14.4 Å². The molecule has 0 spiro atoms. The molecular formula is C17H18ClNO5S. The van der Waals surface area contributed by atoms with Crippen molar-refractivity contribution in [2.24, 2.45) is 0 Å². The number of imide groups is 1.